The van der Waals surface area contributed by atoms with Crippen molar-refractivity contribution in [2.24, 2.45) is 17.3 Å². The van der Waals surface area contributed by atoms with Crippen LogP contribution in [0.4, 0.5) is 0 Å². The zero-order chi connectivity index (χ0) is 25.0. The largest absolute Gasteiger partial charge is 0.337 e. The van der Waals surface area contributed by atoms with Crippen LogP contribution in [0.3, 0.4) is 0 Å². The number of aromatic nitrogens is 2. The van der Waals surface area contributed by atoms with Crippen molar-refractivity contribution < 1.29 is 13.2 Å². The monoisotopic (exact) mass is 475 g/mol. The predicted octanol–water partition coefficient (Wildman–Crippen LogP) is 5.24. The summed E-state index contributed by atoms with van der Waals surface area (Å²) in [6.07, 6.45) is 2.07. The number of amides is 1. The lowest BCUT2D eigenvalue weighted by atomic mass is 9.91. The maximum Gasteiger partial charge on any atom is 0.228 e. The minimum Gasteiger partial charge on any atom is -0.337 e. The maximum atomic E-state index is 13.4. The first-order chi connectivity index (χ1) is 15.2. The molecule has 7 heteroatoms. The van der Waals surface area contributed by atoms with Gasteiger partial charge in [-0.05, 0) is 35.3 Å². The molecule has 0 bridgehead atoms. The molecule has 0 radical (unpaired) electrons. The van der Waals surface area contributed by atoms with Crippen LogP contribution in [-0.2, 0) is 33.5 Å². The number of sulfone groups is 1. The molecule has 0 aliphatic rings. The van der Waals surface area contributed by atoms with E-state index in [9.17, 15) is 13.2 Å². The van der Waals surface area contributed by atoms with Crippen LogP contribution in [0.5, 0.6) is 0 Å². The van der Waals surface area contributed by atoms with Gasteiger partial charge in [0.15, 0.2) is 0 Å². The number of hydrogen-bond acceptors (Lipinski definition) is 4. The molecule has 0 N–H and O–H groups in total. The number of imidazole rings is 1. The van der Waals surface area contributed by atoms with E-state index in [0.717, 1.165) is 16.8 Å². The zero-order valence-corrected chi connectivity index (χ0v) is 22.4. The molecule has 1 aromatic carbocycles. The van der Waals surface area contributed by atoms with Gasteiger partial charge in [-0.1, -0.05) is 72.7 Å². The Balaban J connectivity index is 2.43. The third-order valence-electron chi connectivity index (χ3n) is 5.31. The summed E-state index contributed by atoms with van der Waals surface area (Å²) < 4.78 is 28.6. The fourth-order valence-corrected chi connectivity index (χ4v) is 5.43. The van der Waals surface area contributed by atoms with Crippen molar-refractivity contribution in [2.75, 3.05) is 6.54 Å². The molecule has 184 valence electrons. The van der Waals surface area contributed by atoms with Crippen LogP contribution in [0, 0.1) is 24.2 Å². The van der Waals surface area contributed by atoms with E-state index in [1.807, 2.05) is 36.1 Å². The third-order valence-corrected chi connectivity index (χ3v) is 6.88. The summed E-state index contributed by atoms with van der Waals surface area (Å²) in [5.74, 6) is 0.527. The molecule has 0 saturated heterocycles. The molecule has 1 aromatic heterocycles. The van der Waals surface area contributed by atoms with Crippen LogP contribution in [0.2, 0.25) is 0 Å². The van der Waals surface area contributed by atoms with E-state index in [4.69, 9.17) is 0 Å². The van der Waals surface area contributed by atoms with Gasteiger partial charge in [-0.15, -0.1) is 0 Å². The van der Waals surface area contributed by atoms with Gasteiger partial charge in [0.1, 0.15) is 0 Å². The Kier molecular flexibility index (Phi) is 8.91. The van der Waals surface area contributed by atoms with Crippen LogP contribution >= 0.6 is 0 Å². The molecule has 1 heterocycles. The third kappa shape index (κ3) is 7.98. The first kappa shape index (κ1) is 27.1. The molecule has 0 unspecified atom stereocenters. The topological polar surface area (TPSA) is 72.3 Å². The minimum absolute atomic E-state index is 0.0813. The Labute approximate surface area is 200 Å². The van der Waals surface area contributed by atoms with Crippen LogP contribution in [-0.4, -0.2) is 35.3 Å². The summed E-state index contributed by atoms with van der Waals surface area (Å²) in [7, 11) is -3.65. The smallest absolute Gasteiger partial charge is 0.228 e. The lowest BCUT2D eigenvalue weighted by Crippen LogP contribution is -2.36. The van der Waals surface area contributed by atoms with Crippen molar-refractivity contribution in [3.8, 4) is 0 Å². The molecule has 0 spiro atoms. The Morgan fingerprint density at radius 2 is 1.73 bits per heavy atom. The lowest BCUT2D eigenvalue weighted by molar-refractivity contribution is -0.134. The molecule has 33 heavy (non-hydrogen) atoms. The molecular weight excluding hydrogens is 434 g/mol. The van der Waals surface area contributed by atoms with Crippen molar-refractivity contribution in [3.63, 3.8) is 0 Å². The molecule has 6 nitrogen and oxygen atoms in total. The lowest BCUT2D eigenvalue weighted by Gasteiger charge is -2.28. The summed E-state index contributed by atoms with van der Waals surface area (Å²) >= 11 is 0. The van der Waals surface area contributed by atoms with Gasteiger partial charge in [0, 0.05) is 19.5 Å². The normalized spacial score (nSPS) is 12.5. The molecule has 0 atom stereocenters. The molecular formula is C26H41N3O3S. The number of hydrogen-bond donors (Lipinski definition) is 0. The highest BCUT2D eigenvalue weighted by Gasteiger charge is 2.28. The quantitative estimate of drug-likeness (QED) is 0.471. The molecule has 1 amide bonds. The standard InChI is InChI=1S/C26H41N3O3S/c1-19(2)15-28(24(30)13-26(6,7)8)17-23-14-27-25(29(23)16-20(3)4)33(31,32)18-22-12-10-9-11-21(22)5/h9-12,14,19-20H,13,15-18H2,1-8H3. The first-order valence-electron chi connectivity index (χ1n) is 11.8. The van der Waals surface area contributed by atoms with Gasteiger partial charge in [0.25, 0.3) is 0 Å². The molecule has 2 aromatic rings. The van der Waals surface area contributed by atoms with Crippen LogP contribution in [0.25, 0.3) is 0 Å². The second kappa shape index (κ2) is 10.9. The second-order valence-corrected chi connectivity index (χ2v) is 13.0. The molecule has 0 fully saturated rings. The van der Waals surface area contributed by atoms with Crippen LogP contribution < -0.4 is 0 Å². The highest BCUT2D eigenvalue weighted by Crippen LogP contribution is 2.24. The van der Waals surface area contributed by atoms with E-state index in [-0.39, 0.29) is 28.1 Å². The average Bonchev–Trinajstić information content (AvgIpc) is 3.04. The Bertz CT molecular complexity index is 1050. The summed E-state index contributed by atoms with van der Waals surface area (Å²) in [5, 5.41) is 0.0854. The number of nitrogens with zero attached hydrogens (tertiary/aromatic N) is 3. The summed E-state index contributed by atoms with van der Waals surface area (Å²) in [6.45, 7) is 17.9. The SMILES string of the molecule is Cc1ccccc1CS(=O)(=O)c1ncc(CN(CC(C)C)C(=O)CC(C)(C)C)n1CC(C)C. The Morgan fingerprint density at radius 1 is 1.09 bits per heavy atom. The number of carbonyl (C=O) groups excluding carboxylic acids is 1. The second-order valence-electron chi connectivity index (χ2n) is 11.1. The fraction of sp³-hybridized carbons (Fsp3) is 0.615. The van der Waals surface area contributed by atoms with E-state index in [0.29, 0.717) is 32.0 Å². The van der Waals surface area contributed by atoms with Crippen molar-refractivity contribution in [3.05, 3.63) is 47.3 Å². The fourth-order valence-electron chi connectivity index (χ4n) is 3.82. The number of carbonyl (C=O) groups is 1. The van der Waals surface area contributed by atoms with Crippen molar-refractivity contribution in [1.82, 2.24) is 14.5 Å². The summed E-state index contributed by atoms with van der Waals surface area (Å²) in [6, 6.07) is 7.52. The van der Waals surface area contributed by atoms with E-state index >= 15 is 0 Å². The van der Waals surface area contributed by atoms with Gasteiger partial charge in [-0.3, -0.25) is 4.79 Å². The van der Waals surface area contributed by atoms with Gasteiger partial charge < -0.3 is 9.47 Å². The van der Waals surface area contributed by atoms with Gasteiger partial charge >= 0.3 is 0 Å². The van der Waals surface area contributed by atoms with Crippen molar-refractivity contribution >= 4 is 15.7 Å². The molecule has 2 rings (SSSR count). The number of benzene rings is 1. The highest BCUT2D eigenvalue weighted by molar-refractivity contribution is 7.90. The molecule has 0 aliphatic heterocycles. The van der Waals surface area contributed by atoms with E-state index in [1.165, 1.54) is 0 Å². The summed E-state index contributed by atoms with van der Waals surface area (Å²) in [4.78, 5) is 19.3. The Morgan fingerprint density at radius 3 is 2.27 bits per heavy atom. The average molecular weight is 476 g/mol. The van der Waals surface area contributed by atoms with Gasteiger partial charge in [0.05, 0.1) is 24.2 Å². The van der Waals surface area contributed by atoms with E-state index in [1.54, 1.807) is 10.8 Å². The van der Waals surface area contributed by atoms with Gasteiger partial charge in [-0.25, -0.2) is 13.4 Å². The Hall–Kier alpha value is -2.15. The molecule has 0 aliphatic carbocycles. The van der Waals surface area contributed by atoms with Crippen molar-refractivity contribution in [1.29, 1.82) is 0 Å². The van der Waals surface area contributed by atoms with Gasteiger partial charge in [-0.2, -0.15) is 0 Å². The van der Waals surface area contributed by atoms with Crippen molar-refractivity contribution in [2.45, 2.75) is 85.8 Å². The predicted molar refractivity (Wildman–Crippen MR) is 133 cm³/mol. The van der Waals surface area contributed by atoms with Crippen LogP contribution in [0.15, 0.2) is 35.6 Å². The molecule has 0 saturated carbocycles. The highest BCUT2D eigenvalue weighted by atomic mass is 32.2. The maximum absolute atomic E-state index is 13.4. The van der Waals surface area contributed by atoms with Crippen LogP contribution in [0.1, 0.15) is 71.7 Å². The number of aryl methyl sites for hydroxylation is 1. The van der Waals surface area contributed by atoms with E-state index < -0.39 is 9.84 Å². The van der Waals surface area contributed by atoms with E-state index in [2.05, 4.69) is 53.5 Å². The first-order valence-corrected chi connectivity index (χ1v) is 13.4. The number of rotatable bonds is 10. The summed E-state index contributed by atoms with van der Waals surface area (Å²) in [5.41, 5.74) is 2.36. The van der Waals surface area contributed by atoms with Gasteiger partial charge in [0.2, 0.25) is 20.9 Å². The zero-order valence-electron chi connectivity index (χ0n) is 21.6. The minimum atomic E-state index is -3.65.